The van der Waals surface area contributed by atoms with Gasteiger partial charge in [-0.25, -0.2) is 9.59 Å². The highest BCUT2D eigenvalue weighted by atomic mass is 16.7. The molecule has 0 unspecified atom stereocenters. The van der Waals surface area contributed by atoms with Crippen molar-refractivity contribution in [3.8, 4) is 0 Å². The van der Waals surface area contributed by atoms with Crippen LogP contribution in [0.2, 0.25) is 0 Å². The van der Waals surface area contributed by atoms with Crippen molar-refractivity contribution >= 4 is 57.4 Å². The third kappa shape index (κ3) is 3.75. The van der Waals surface area contributed by atoms with E-state index in [0.29, 0.717) is 11.3 Å². The third-order valence-electron chi connectivity index (χ3n) is 5.89. The van der Waals surface area contributed by atoms with Gasteiger partial charge in [-0.1, -0.05) is 17.3 Å². The molecule has 0 aliphatic carbocycles. The van der Waals surface area contributed by atoms with Crippen molar-refractivity contribution in [2.45, 2.75) is 27.3 Å². The molecule has 2 aromatic carbocycles. The summed E-state index contributed by atoms with van der Waals surface area (Å²) in [6, 6.07) is 10.9. The van der Waals surface area contributed by atoms with Crippen LogP contribution in [0.1, 0.15) is 31.9 Å². The van der Waals surface area contributed by atoms with Crippen molar-refractivity contribution in [1.82, 2.24) is 14.4 Å². The number of likely N-dealkylation sites (N-methyl/N-ethyl adjacent to an activating group) is 2. The molecular formula is C25H24N4O5. The number of carbonyl (C=O) groups excluding carboxylic acids is 4. The molecule has 1 aromatic heterocycles. The van der Waals surface area contributed by atoms with E-state index in [0.717, 1.165) is 43.7 Å². The molecule has 0 bridgehead atoms. The molecule has 1 aliphatic heterocycles. The number of imide groups is 2. The quantitative estimate of drug-likeness (QED) is 0.195. The lowest BCUT2D eigenvalue weighted by atomic mass is 10.0. The van der Waals surface area contributed by atoms with Crippen LogP contribution >= 0.6 is 0 Å². The van der Waals surface area contributed by atoms with E-state index in [2.05, 4.69) is 16.6 Å². The number of carbonyl (C=O) groups is 4. The van der Waals surface area contributed by atoms with E-state index in [1.165, 1.54) is 27.1 Å². The maximum atomic E-state index is 12.6. The molecule has 1 fully saturated rings. The molecule has 1 saturated heterocycles. The number of oxime groups is 1. The monoisotopic (exact) mass is 460 g/mol. The van der Waals surface area contributed by atoms with Gasteiger partial charge in [0.25, 0.3) is 11.8 Å². The Morgan fingerprint density at radius 3 is 2.12 bits per heavy atom. The highest BCUT2D eigenvalue weighted by Crippen LogP contribution is 2.32. The van der Waals surface area contributed by atoms with E-state index in [9.17, 15) is 19.2 Å². The lowest BCUT2D eigenvalue weighted by molar-refractivity contribution is -0.141. The van der Waals surface area contributed by atoms with E-state index in [-0.39, 0.29) is 5.57 Å². The molecule has 1 aliphatic rings. The summed E-state index contributed by atoms with van der Waals surface area (Å²) in [6.45, 7) is 5.85. The smallest absolute Gasteiger partial charge is 0.333 e. The molecule has 0 atom stereocenters. The van der Waals surface area contributed by atoms with Gasteiger partial charge in [-0.05, 0) is 55.3 Å². The molecule has 9 heteroatoms. The number of nitrogens with zero attached hydrogens (tertiary/aromatic N) is 4. The minimum Gasteiger partial charge on any atom is -0.341 e. The Labute approximate surface area is 195 Å². The summed E-state index contributed by atoms with van der Waals surface area (Å²) in [4.78, 5) is 54.9. The van der Waals surface area contributed by atoms with Crippen molar-refractivity contribution in [2.24, 2.45) is 5.16 Å². The number of aryl methyl sites for hydroxylation is 1. The van der Waals surface area contributed by atoms with Gasteiger partial charge >= 0.3 is 12.0 Å². The largest absolute Gasteiger partial charge is 0.341 e. The maximum Gasteiger partial charge on any atom is 0.333 e. The van der Waals surface area contributed by atoms with Crippen LogP contribution < -0.4 is 0 Å². The van der Waals surface area contributed by atoms with E-state index >= 15 is 0 Å². The molecule has 0 saturated carbocycles. The minimum absolute atomic E-state index is 0.0757. The van der Waals surface area contributed by atoms with Gasteiger partial charge in [0, 0.05) is 49.4 Å². The number of fused-ring (bicyclic) bond motifs is 3. The Bertz CT molecular complexity index is 1420. The highest BCUT2D eigenvalue weighted by molar-refractivity contribution is 6.30. The van der Waals surface area contributed by atoms with Gasteiger partial charge in [-0.15, -0.1) is 0 Å². The SMILES string of the molecule is CCn1c2ccc(C=C3C(=O)N(C)C(=O)N(C)C3=O)cc2c2cc(/C(C)=N/OC(C)=O)ccc21. The van der Waals surface area contributed by atoms with Gasteiger partial charge in [-0.3, -0.25) is 19.4 Å². The minimum atomic E-state index is -0.660. The van der Waals surface area contributed by atoms with Crippen molar-refractivity contribution in [2.75, 3.05) is 14.1 Å². The summed E-state index contributed by atoms with van der Waals surface area (Å²) in [6.07, 6.45) is 1.51. The second-order valence-electron chi connectivity index (χ2n) is 8.08. The maximum absolute atomic E-state index is 12.6. The fourth-order valence-electron chi connectivity index (χ4n) is 4.10. The average molecular weight is 460 g/mol. The third-order valence-corrected chi connectivity index (χ3v) is 5.89. The fourth-order valence-corrected chi connectivity index (χ4v) is 4.10. The molecule has 0 spiro atoms. The number of hydrogen-bond acceptors (Lipinski definition) is 6. The first kappa shape index (κ1) is 22.9. The first-order valence-electron chi connectivity index (χ1n) is 10.7. The number of benzene rings is 2. The number of barbiturate groups is 1. The van der Waals surface area contributed by atoms with E-state index < -0.39 is 23.8 Å². The lowest BCUT2D eigenvalue weighted by Crippen LogP contribution is -2.52. The first-order chi connectivity index (χ1) is 16.1. The summed E-state index contributed by atoms with van der Waals surface area (Å²) in [5.41, 5.74) is 3.95. The standard InChI is InChI=1S/C25H24N4O5/c1-6-29-21-9-7-16(12-20-23(31)27(4)25(33)28(5)24(20)32)11-18(21)19-13-17(8-10-22(19)29)14(2)26-34-15(3)30/h7-13H,6H2,1-5H3/b26-14+. The molecule has 4 amide bonds. The van der Waals surface area contributed by atoms with Crippen LogP contribution in [-0.2, 0) is 25.8 Å². The predicted octanol–water partition coefficient (Wildman–Crippen LogP) is 3.54. The van der Waals surface area contributed by atoms with Crippen LogP contribution in [-0.4, -0.2) is 58.0 Å². The Kier molecular flexibility index (Phi) is 5.78. The Morgan fingerprint density at radius 2 is 1.53 bits per heavy atom. The summed E-state index contributed by atoms with van der Waals surface area (Å²) in [5.74, 6) is -1.77. The van der Waals surface area contributed by atoms with E-state index in [1.54, 1.807) is 6.92 Å². The molecule has 174 valence electrons. The Morgan fingerprint density at radius 1 is 0.941 bits per heavy atom. The van der Waals surface area contributed by atoms with Gasteiger partial charge in [0.2, 0.25) is 0 Å². The predicted molar refractivity (Wildman–Crippen MR) is 128 cm³/mol. The summed E-state index contributed by atoms with van der Waals surface area (Å²) < 4.78 is 2.17. The van der Waals surface area contributed by atoms with Gasteiger partial charge in [0.05, 0.1) is 5.71 Å². The van der Waals surface area contributed by atoms with E-state index in [1.807, 2.05) is 36.4 Å². The average Bonchev–Trinajstić information content (AvgIpc) is 3.14. The van der Waals surface area contributed by atoms with Crippen molar-refractivity contribution in [1.29, 1.82) is 0 Å². The Hall–Kier alpha value is -4.27. The number of urea groups is 1. The second-order valence-corrected chi connectivity index (χ2v) is 8.08. The highest BCUT2D eigenvalue weighted by Gasteiger charge is 2.37. The van der Waals surface area contributed by atoms with Crippen molar-refractivity contribution in [3.63, 3.8) is 0 Å². The zero-order chi connectivity index (χ0) is 24.7. The molecule has 0 N–H and O–H groups in total. The van der Waals surface area contributed by atoms with Crippen LogP contribution in [0.3, 0.4) is 0 Å². The van der Waals surface area contributed by atoms with Crippen LogP contribution in [0.25, 0.3) is 27.9 Å². The normalized spacial score (nSPS) is 15.0. The molecule has 4 rings (SSSR count). The first-order valence-corrected chi connectivity index (χ1v) is 10.7. The summed E-state index contributed by atoms with van der Waals surface area (Å²) in [7, 11) is 2.70. The van der Waals surface area contributed by atoms with Crippen LogP contribution in [0, 0.1) is 0 Å². The number of amides is 4. The number of aromatic nitrogens is 1. The second kappa shape index (κ2) is 8.58. The Balaban J connectivity index is 1.87. The molecule has 3 aromatic rings. The number of rotatable bonds is 4. The molecule has 2 heterocycles. The van der Waals surface area contributed by atoms with Crippen LogP contribution in [0.15, 0.2) is 47.1 Å². The van der Waals surface area contributed by atoms with Crippen molar-refractivity contribution in [3.05, 3.63) is 53.1 Å². The topological polar surface area (TPSA) is 101 Å². The van der Waals surface area contributed by atoms with Crippen molar-refractivity contribution < 1.29 is 24.0 Å². The fraction of sp³-hybridized carbons (Fsp3) is 0.240. The molecular weight excluding hydrogens is 436 g/mol. The lowest BCUT2D eigenvalue weighted by Gasteiger charge is -2.28. The van der Waals surface area contributed by atoms with Crippen LogP contribution in [0.4, 0.5) is 4.79 Å². The zero-order valence-electron chi connectivity index (χ0n) is 19.6. The van der Waals surface area contributed by atoms with Crippen LogP contribution in [0.5, 0.6) is 0 Å². The van der Waals surface area contributed by atoms with Gasteiger partial charge in [0.1, 0.15) is 5.57 Å². The molecule has 9 nitrogen and oxygen atoms in total. The zero-order valence-corrected chi connectivity index (χ0v) is 19.6. The summed E-state index contributed by atoms with van der Waals surface area (Å²) >= 11 is 0. The molecule has 0 radical (unpaired) electrons. The van der Waals surface area contributed by atoms with Gasteiger partial charge in [0.15, 0.2) is 0 Å². The molecule has 34 heavy (non-hydrogen) atoms. The van der Waals surface area contributed by atoms with Gasteiger partial charge in [-0.2, -0.15) is 0 Å². The summed E-state index contributed by atoms with van der Waals surface area (Å²) in [5, 5.41) is 5.77. The van der Waals surface area contributed by atoms with E-state index in [4.69, 9.17) is 4.84 Å². The number of hydrogen-bond donors (Lipinski definition) is 0. The van der Waals surface area contributed by atoms with Gasteiger partial charge < -0.3 is 9.40 Å².